The topological polar surface area (TPSA) is 76.0 Å². The molecule has 1 aromatic rings. The monoisotopic (exact) mass is 268 g/mol. The second-order valence-electron chi connectivity index (χ2n) is 5.06. The van der Waals surface area contributed by atoms with Crippen molar-refractivity contribution in [2.45, 2.75) is 26.9 Å². The van der Waals surface area contributed by atoms with Gasteiger partial charge in [-0.3, -0.25) is 4.79 Å². The largest absolute Gasteiger partial charge is 0.497 e. The van der Waals surface area contributed by atoms with Gasteiger partial charge in [0.05, 0.1) is 18.6 Å². The van der Waals surface area contributed by atoms with Crippen molar-refractivity contribution in [2.24, 2.45) is 5.41 Å². The molecule has 0 aromatic heterocycles. The molecule has 1 aromatic carbocycles. The summed E-state index contributed by atoms with van der Waals surface area (Å²) in [7, 11) is 1.53. The third kappa shape index (κ3) is 3.86. The maximum atomic E-state index is 11.0. The highest BCUT2D eigenvalue weighted by Gasteiger charge is 2.28. The van der Waals surface area contributed by atoms with E-state index in [1.807, 2.05) is 0 Å². The lowest BCUT2D eigenvalue weighted by molar-refractivity contribution is -0.148. The van der Waals surface area contributed by atoms with E-state index in [4.69, 9.17) is 14.6 Å². The van der Waals surface area contributed by atoms with Crippen molar-refractivity contribution in [1.29, 1.82) is 0 Å². The summed E-state index contributed by atoms with van der Waals surface area (Å²) in [4.78, 5) is 11.0. The maximum Gasteiger partial charge on any atom is 0.312 e. The Bertz CT molecular complexity index is 451. The quantitative estimate of drug-likeness (QED) is 0.827. The molecule has 0 aliphatic rings. The van der Waals surface area contributed by atoms with Crippen LogP contribution in [0.2, 0.25) is 0 Å². The summed E-state index contributed by atoms with van der Waals surface area (Å²) >= 11 is 0. The molecular weight excluding hydrogens is 248 g/mol. The number of aliphatic hydroxyl groups is 1. The van der Waals surface area contributed by atoms with Crippen molar-refractivity contribution in [3.63, 3.8) is 0 Å². The zero-order valence-corrected chi connectivity index (χ0v) is 11.6. The minimum Gasteiger partial charge on any atom is -0.497 e. The van der Waals surface area contributed by atoms with Gasteiger partial charge in [0.2, 0.25) is 0 Å². The molecule has 0 aliphatic heterocycles. The van der Waals surface area contributed by atoms with Crippen molar-refractivity contribution >= 4 is 5.97 Å². The number of aliphatic carboxylic acids is 1. The van der Waals surface area contributed by atoms with Gasteiger partial charge in [-0.15, -0.1) is 0 Å². The number of aliphatic hydroxyl groups excluding tert-OH is 1. The van der Waals surface area contributed by atoms with Crippen molar-refractivity contribution in [2.75, 3.05) is 13.7 Å². The normalized spacial score (nSPS) is 12.9. The zero-order chi connectivity index (χ0) is 14.6. The summed E-state index contributed by atoms with van der Waals surface area (Å²) in [5, 5.41) is 18.7. The van der Waals surface area contributed by atoms with Crippen molar-refractivity contribution in [3.05, 3.63) is 23.8 Å². The summed E-state index contributed by atoms with van der Waals surface area (Å²) in [5.74, 6) is 0.0881. The molecule has 0 aliphatic carbocycles. The molecule has 19 heavy (non-hydrogen) atoms. The van der Waals surface area contributed by atoms with Gasteiger partial charge in [0.25, 0.3) is 0 Å². The molecule has 0 saturated heterocycles. The molecular formula is C14H20O5. The Morgan fingerprint density at radius 1 is 1.42 bits per heavy atom. The Balaban J connectivity index is 2.95. The second-order valence-corrected chi connectivity index (χ2v) is 5.06. The summed E-state index contributed by atoms with van der Waals surface area (Å²) < 4.78 is 10.6. The smallest absolute Gasteiger partial charge is 0.312 e. The van der Waals surface area contributed by atoms with Crippen LogP contribution in [0.5, 0.6) is 11.5 Å². The molecule has 5 nitrogen and oxygen atoms in total. The van der Waals surface area contributed by atoms with Crippen LogP contribution in [0.15, 0.2) is 18.2 Å². The Kier molecular flexibility index (Phi) is 4.78. The number of benzene rings is 1. The van der Waals surface area contributed by atoms with Crippen LogP contribution in [0, 0.1) is 5.41 Å². The summed E-state index contributed by atoms with van der Waals surface area (Å²) in [5.41, 5.74) is -0.402. The SMILES string of the molecule is COc1ccc(C(C)O)c(OCC(C)(C)C(=O)O)c1. The average molecular weight is 268 g/mol. The van der Waals surface area contributed by atoms with Gasteiger partial charge in [-0.2, -0.15) is 0 Å². The van der Waals surface area contributed by atoms with E-state index in [-0.39, 0.29) is 6.61 Å². The van der Waals surface area contributed by atoms with Gasteiger partial charge < -0.3 is 19.7 Å². The van der Waals surface area contributed by atoms with Gasteiger partial charge in [-0.1, -0.05) is 0 Å². The number of methoxy groups -OCH3 is 1. The van der Waals surface area contributed by atoms with Crippen LogP contribution in [0.4, 0.5) is 0 Å². The van der Waals surface area contributed by atoms with Crippen LogP contribution in [-0.2, 0) is 4.79 Å². The highest BCUT2D eigenvalue weighted by Crippen LogP contribution is 2.30. The van der Waals surface area contributed by atoms with E-state index in [1.54, 1.807) is 39.0 Å². The van der Waals surface area contributed by atoms with Crippen LogP contribution in [0.1, 0.15) is 32.4 Å². The van der Waals surface area contributed by atoms with E-state index in [1.165, 1.54) is 7.11 Å². The maximum absolute atomic E-state index is 11.0. The second kappa shape index (κ2) is 5.93. The van der Waals surface area contributed by atoms with Crippen LogP contribution >= 0.6 is 0 Å². The van der Waals surface area contributed by atoms with Crippen LogP contribution in [0.3, 0.4) is 0 Å². The first-order valence-electron chi connectivity index (χ1n) is 6.00. The molecule has 106 valence electrons. The van der Waals surface area contributed by atoms with E-state index in [0.717, 1.165) is 0 Å². The number of hydrogen-bond donors (Lipinski definition) is 2. The lowest BCUT2D eigenvalue weighted by atomic mass is 9.95. The summed E-state index contributed by atoms with van der Waals surface area (Å²) in [6.45, 7) is 4.79. The minimum absolute atomic E-state index is 0.00915. The molecule has 1 unspecified atom stereocenters. The predicted molar refractivity (Wildman–Crippen MR) is 70.5 cm³/mol. The van der Waals surface area contributed by atoms with Gasteiger partial charge in [0.15, 0.2) is 0 Å². The predicted octanol–water partition coefficient (Wildman–Crippen LogP) is 2.24. The van der Waals surface area contributed by atoms with E-state index < -0.39 is 17.5 Å². The van der Waals surface area contributed by atoms with Gasteiger partial charge >= 0.3 is 5.97 Å². The Hall–Kier alpha value is -1.75. The van der Waals surface area contributed by atoms with E-state index in [9.17, 15) is 9.90 Å². The standard InChI is InChI=1S/C14H20O5/c1-9(15)11-6-5-10(18-4)7-12(11)19-8-14(2,3)13(16)17/h5-7,9,15H,8H2,1-4H3,(H,16,17). The molecule has 1 rings (SSSR count). The van der Waals surface area contributed by atoms with Crippen LogP contribution in [-0.4, -0.2) is 29.9 Å². The van der Waals surface area contributed by atoms with Crippen LogP contribution < -0.4 is 9.47 Å². The van der Waals surface area contributed by atoms with Crippen molar-refractivity contribution < 1.29 is 24.5 Å². The number of rotatable bonds is 6. The van der Waals surface area contributed by atoms with Gasteiger partial charge in [-0.05, 0) is 32.9 Å². The third-order valence-corrected chi connectivity index (χ3v) is 2.84. The molecule has 0 heterocycles. The third-order valence-electron chi connectivity index (χ3n) is 2.84. The molecule has 0 radical (unpaired) electrons. The number of hydrogen-bond acceptors (Lipinski definition) is 4. The fraction of sp³-hybridized carbons (Fsp3) is 0.500. The lowest BCUT2D eigenvalue weighted by Gasteiger charge is -2.21. The van der Waals surface area contributed by atoms with E-state index in [2.05, 4.69) is 0 Å². The van der Waals surface area contributed by atoms with Gasteiger partial charge in [0.1, 0.15) is 18.1 Å². The zero-order valence-electron chi connectivity index (χ0n) is 11.6. The molecule has 1 atom stereocenters. The van der Waals surface area contributed by atoms with Crippen molar-refractivity contribution in [1.82, 2.24) is 0 Å². The Morgan fingerprint density at radius 3 is 2.53 bits per heavy atom. The lowest BCUT2D eigenvalue weighted by Crippen LogP contribution is -2.30. The fourth-order valence-corrected chi connectivity index (χ4v) is 1.43. The van der Waals surface area contributed by atoms with Gasteiger partial charge in [0, 0.05) is 11.6 Å². The number of carboxylic acids is 1. The minimum atomic E-state index is -1.00. The Labute approximate surface area is 112 Å². The molecule has 0 fully saturated rings. The average Bonchev–Trinajstić information content (AvgIpc) is 2.35. The highest BCUT2D eigenvalue weighted by atomic mass is 16.5. The van der Waals surface area contributed by atoms with Crippen molar-refractivity contribution in [3.8, 4) is 11.5 Å². The van der Waals surface area contributed by atoms with E-state index >= 15 is 0 Å². The molecule has 2 N–H and O–H groups in total. The Morgan fingerprint density at radius 2 is 2.05 bits per heavy atom. The van der Waals surface area contributed by atoms with Crippen LogP contribution in [0.25, 0.3) is 0 Å². The number of carbonyl (C=O) groups is 1. The van der Waals surface area contributed by atoms with Gasteiger partial charge in [-0.25, -0.2) is 0 Å². The summed E-state index contributed by atoms with van der Waals surface area (Å²) in [6.07, 6.45) is -0.700. The molecule has 0 spiro atoms. The first-order valence-corrected chi connectivity index (χ1v) is 6.00. The number of ether oxygens (including phenoxy) is 2. The first-order chi connectivity index (χ1) is 8.77. The molecule has 0 saturated carbocycles. The molecule has 0 bridgehead atoms. The molecule has 0 amide bonds. The first kappa shape index (κ1) is 15.3. The van der Waals surface area contributed by atoms with E-state index in [0.29, 0.717) is 17.1 Å². The number of carboxylic acid groups (broad SMARTS) is 1. The highest BCUT2D eigenvalue weighted by molar-refractivity contribution is 5.73. The summed E-state index contributed by atoms with van der Waals surface area (Å²) in [6, 6.07) is 5.06. The molecule has 5 heteroatoms. The fourth-order valence-electron chi connectivity index (χ4n) is 1.43.